The van der Waals surface area contributed by atoms with Gasteiger partial charge in [-0.2, -0.15) is 9.78 Å². The maximum Gasteiger partial charge on any atom is 0.282 e. The van der Waals surface area contributed by atoms with Crippen molar-refractivity contribution in [1.82, 2.24) is 9.66 Å². The highest BCUT2D eigenvalue weighted by Gasteiger charge is 2.17. The van der Waals surface area contributed by atoms with Crippen LogP contribution in [0.2, 0.25) is 20.1 Å². The number of hydrogen-bond acceptors (Lipinski definition) is 5. The summed E-state index contributed by atoms with van der Waals surface area (Å²) in [5.41, 5.74) is 2.12. The zero-order valence-corrected chi connectivity index (χ0v) is 23.5. The molecule has 0 aliphatic heterocycles. The summed E-state index contributed by atoms with van der Waals surface area (Å²) >= 11 is 25.2. The van der Waals surface area contributed by atoms with Crippen LogP contribution in [0.25, 0.3) is 33.5 Å². The summed E-state index contributed by atoms with van der Waals surface area (Å²) in [6.07, 6.45) is 1.47. The summed E-state index contributed by atoms with van der Waals surface area (Å²) in [7, 11) is 0. The van der Waals surface area contributed by atoms with Crippen molar-refractivity contribution in [2.75, 3.05) is 0 Å². The van der Waals surface area contributed by atoms with E-state index in [0.29, 0.717) is 43.6 Å². The van der Waals surface area contributed by atoms with Crippen molar-refractivity contribution in [1.29, 1.82) is 0 Å². The van der Waals surface area contributed by atoms with E-state index in [4.69, 9.17) is 60.5 Å². The molecule has 40 heavy (non-hydrogen) atoms. The molecule has 0 unspecified atom stereocenters. The number of furan rings is 1. The fraction of sp³-hybridized carbons (Fsp3) is 0.0333. The van der Waals surface area contributed by atoms with Crippen LogP contribution in [-0.4, -0.2) is 15.9 Å². The highest BCUT2D eigenvalue weighted by atomic mass is 35.5. The van der Waals surface area contributed by atoms with Gasteiger partial charge in [0.15, 0.2) is 11.5 Å². The van der Waals surface area contributed by atoms with Crippen LogP contribution in [0.1, 0.15) is 11.1 Å². The molecule has 6 nitrogen and oxygen atoms in total. The number of aromatic nitrogens is 2. The molecule has 10 heteroatoms. The van der Waals surface area contributed by atoms with Crippen LogP contribution in [0, 0.1) is 0 Å². The van der Waals surface area contributed by atoms with Gasteiger partial charge in [0.25, 0.3) is 5.56 Å². The molecule has 0 aliphatic carbocycles. The molecule has 4 aromatic carbocycles. The van der Waals surface area contributed by atoms with Crippen molar-refractivity contribution in [3.63, 3.8) is 0 Å². The van der Waals surface area contributed by atoms with E-state index in [1.807, 2.05) is 36.4 Å². The number of para-hydroxylation sites is 2. The maximum atomic E-state index is 13.5. The average molecular weight is 609 g/mol. The first-order chi connectivity index (χ1) is 19.4. The minimum Gasteiger partial charge on any atom is -0.486 e. The first-order valence-electron chi connectivity index (χ1n) is 12.0. The van der Waals surface area contributed by atoms with Gasteiger partial charge in [-0.3, -0.25) is 4.79 Å². The van der Waals surface area contributed by atoms with Crippen LogP contribution in [0.5, 0.6) is 5.75 Å². The molecule has 2 heterocycles. The Morgan fingerprint density at radius 2 is 1.62 bits per heavy atom. The van der Waals surface area contributed by atoms with Crippen molar-refractivity contribution in [2.24, 2.45) is 5.10 Å². The SMILES string of the molecule is O=c1c2ccccc2nc(-c2cc3ccccc3o2)n1N=Cc1cc(Cl)c(OCc2ccc(Cl)cc2Cl)c(Cl)c1. The molecule has 6 rings (SSSR count). The Labute approximate surface area is 247 Å². The van der Waals surface area contributed by atoms with Crippen molar-refractivity contribution in [2.45, 2.75) is 6.61 Å². The van der Waals surface area contributed by atoms with Gasteiger partial charge in [0.2, 0.25) is 5.82 Å². The van der Waals surface area contributed by atoms with Gasteiger partial charge in [0.05, 0.1) is 27.2 Å². The molecule has 0 saturated heterocycles. The van der Waals surface area contributed by atoms with E-state index in [9.17, 15) is 4.79 Å². The number of hydrogen-bond donors (Lipinski definition) is 0. The molecule has 2 aromatic heterocycles. The van der Waals surface area contributed by atoms with E-state index in [0.717, 1.165) is 10.9 Å². The molecule has 0 amide bonds. The van der Waals surface area contributed by atoms with Gasteiger partial charge >= 0.3 is 0 Å². The summed E-state index contributed by atoms with van der Waals surface area (Å²) in [4.78, 5) is 18.2. The fourth-order valence-corrected chi connectivity index (χ4v) is 5.26. The maximum absolute atomic E-state index is 13.5. The predicted molar refractivity (Wildman–Crippen MR) is 161 cm³/mol. The summed E-state index contributed by atoms with van der Waals surface area (Å²) in [5, 5.41) is 7.29. The molecule has 0 atom stereocenters. The Bertz CT molecular complexity index is 1940. The Morgan fingerprint density at radius 1 is 0.875 bits per heavy atom. The monoisotopic (exact) mass is 607 g/mol. The van der Waals surface area contributed by atoms with Gasteiger partial charge < -0.3 is 9.15 Å². The van der Waals surface area contributed by atoms with Crippen LogP contribution < -0.4 is 10.3 Å². The number of halogens is 4. The Morgan fingerprint density at radius 3 is 2.40 bits per heavy atom. The molecular weight excluding hydrogens is 592 g/mol. The molecule has 198 valence electrons. The zero-order valence-electron chi connectivity index (χ0n) is 20.4. The van der Waals surface area contributed by atoms with Crippen molar-refractivity contribution < 1.29 is 9.15 Å². The van der Waals surface area contributed by atoms with Crippen molar-refractivity contribution >= 4 is 74.5 Å². The lowest BCUT2D eigenvalue weighted by atomic mass is 10.2. The minimum atomic E-state index is -0.353. The molecule has 0 bridgehead atoms. The van der Waals surface area contributed by atoms with Crippen LogP contribution in [0.15, 0.2) is 99.2 Å². The standard InChI is InChI=1S/C30H17Cl4N3O3/c31-20-10-9-19(22(32)14-20)16-39-28-23(33)11-17(12-24(28)34)15-35-37-29(27-13-18-5-1-4-8-26(18)40-27)36-25-7-3-2-6-21(25)30(37)38/h1-15H,16H2. The summed E-state index contributed by atoms with van der Waals surface area (Å²) in [6.45, 7) is 0.141. The van der Waals surface area contributed by atoms with E-state index in [1.165, 1.54) is 10.9 Å². The van der Waals surface area contributed by atoms with Crippen LogP contribution in [0.4, 0.5) is 0 Å². The third-order valence-corrected chi connectivity index (χ3v) is 7.28. The smallest absolute Gasteiger partial charge is 0.282 e. The second-order valence-electron chi connectivity index (χ2n) is 8.80. The molecule has 6 aromatic rings. The highest BCUT2D eigenvalue weighted by molar-refractivity contribution is 6.37. The lowest BCUT2D eigenvalue weighted by Gasteiger charge is -2.12. The second-order valence-corrected chi connectivity index (χ2v) is 10.5. The first-order valence-corrected chi connectivity index (χ1v) is 13.5. The molecule has 0 saturated carbocycles. The number of ether oxygens (including phenoxy) is 1. The number of rotatable bonds is 6. The van der Waals surface area contributed by atoms with Gasteiger partial charge in [-0.05, 0) is 54.1 Å². The van der Waals surface area contributed by atoms with E-state index in [-0.39, 0.29) is 28.0 Å². The summed E-state index contributed by atoms with van der Waals surface area (Å²) < 4.78 is 13.1. The summed E-state index contributed by atoms with van der Waals surface area (Å²) in [5.74, 6) is 0.953. The topological polar surface area (TPSA) is 69.6 Å². The van der Waals surface area contributed by atoms with Gasteiger partial charge in [-0.1, -0.05) is 82.8 Å². The van der Waals surface area contributed by atoms with E-state index in [1.54, 1.807) is 48.5 Å². The Hall–Kier alpha value is -3.81. The molecule has 0 spiro atoms. The third kappa shape index (κ3) is 5.19. The van der Waals surface area contributed by atoms with E-state index in [2.05, 4.69) is 5.10 Å². The third-order valence-electron chi connectivity index (χ3n) is 6.13. The largest absolute Gasteiger partial charge is 0.486 e. The fourth-order valence-electron chi connectivity index (χ4n) is 4.19. The lowest BCUT2D eigenvalue weighted by molar-refractivity contribution is 0.306. The Kier molecular flexibility index (Phi) is 7.26. The molecule has 0 N–H and O–H groups in total. The predicted octanol–water partition coefficient (Wildman–Crippen LogP) is 8.88. The quantitative estimate of drug-likeness (QED) is 0.177. The molecule has 0 aliphatic rings. The van der Waals surface area contributed by atoms with E-state index >= 15 is 0 Å². The first kappa shape index (κ1) is 26.4. The van der Waals surface area contributed by atoms with Gasteiger partial charge in [-0.15, -0.1) is 0 Å². The summed E-state index contributed by atoms with van der Waals surface area (Å²) in [6, 6.07) is 24.8. The Balaban J connectivity index is 1.36. The van der Waals surface area contributed by atoms with Crippen molar-refractivity contribution in [3.05, 3.63) is 127 Å². The molecular formula is C30H17Cl4N3O3. The average Bonchev–Trinajstić information content (AvgIpc) is 3.37. The second kappa shape index (κ2) is 11.0. The van der Waals surface area contributed by atoms with Crippen LogP contribution in [0.3, 0.4) is 0 Å². The zero-order chi connectivity index (χ0) is 27.8. The highest BCUT2D eigenvalue weighted by Crippen LogP contribution is 2.35. The molecule has 0 fully saturated rings. The van der Waals surface area contributed by atoms with Gasteiger partial charge in [0, 0.05) is 21.0 Å². The van der Waals surface area contributed by atoms with Crippen LogP contribution >= 0.6 is 46.4 Å². The number of fused-ring (bicyclic) bond motifs is 2. The number of nitrogens with zero attached hydrogens (tertiary/aromatic N) is 3. The van der Waals surface area contributed by atoms with Gasteiger partial charge in [0.1, 0.15) is 12.2 Å². The van der Waals surface area contributed by atoms with E-state index < -0.39 is 0 Å². The lowest BCUT2D eigenvalue weighted by Crippen LogP contribution is -2.20. The van der Waals surface area contributed by atoms with Gasteiger partial charge in [-0.25, -0.2) is 4.98 Å². The van der Waals surface area contributed by atoms with Crippen LogP contribution in [-0.2, 0) is 6.61 Å². The number of benzene rings is 4. The minimum absolute atomic E-state index is 0.141. The molecule has 0 radical (unpaired) electrons. The normalized spacial score (nSPS) is 11.6. The van der Waals surface area contributed by atoms with Crippen molar-refractivity contribution in [3.8, 4) is 17.3 Å².